The molecule has 0 aliphatic carbocycles. The van der Waals surface area contributed by atoms with Gasteiger partial charge in [-0.2, -0.15) is 0 Å². The van der Waals surface area contributed by atoms with Gasteiger partial charge < -0.3 is 19.5 Å². The molecule has 0 unspecified atom stereocenters. The molecule has 6 heteroatoms. The molecule has 2 rings (SSSR count). The van der Waals surface area contributed by atoms with E-state index < -0.39 is 5.97 Å². The standard InChI is InChI=1S/C18H19NO5/c1-22-14-7-5-6-13(10-14)11-19-17(20)12-24-18(21)15-8-3-4-9-16(15)23-2/h3-10H,11-12H2,1-2H3,(H,19,20). The van der Waals surface area contributed by atoms with E-state index in [2.05, 4.69) is 5.32 Å². The smallest absolute Gasteiger partial charge is 0.342 e. The molecular weight excluding hydrogens is 310 g/mol. The lowest BCUT2D eigenvalue weighted by molar-refractivity contribution is -0.124. The highest BCUT2D eigenvalue weighted by atomic mass is 16.5. The van der Waals surface area contributed by atoms with Gasteiger partial charge in [0.25, 0.3) is 5.91 Å². The van der Waals surface area contributed by atoms with Gasteiger partial charge in [0.1, 0.15) is 17.1 Å². The molecule has 2 aromatic rings. The second-order valence-corrected chi connectivity index (χ2v) is 4.90. The van der Waals surface area contributed by atoms with Crippen LogP contribution >= 0.6 is 0 Å². The van der Waals surface area contributed by atoms with Crippen LogP contribution in [0.25, 0.3) is 0 Å². The Balaban J connectivity index is 1.83. The topological polar surface area (TPSA) is 73.9 Å². The molecule has 0 saturated carbocycles. The number of benzene rings is 2. The van der Waals surface area contributed by atoms with Crippen molar-refractivity contribution in [2.45, 2.75) is 6.54 Å². The number of methoxy groups -OCH3 is 2. The summed E-state index contributed by atoms with van der Waals surface area (Å²) in [6.07, 6.45) is 0. The van der Waals surface area contributed by atoms with Crippen molar-refractivity contribution < 1.29 is 23.8 Å². The highest BCUT2D eigenvalue weighted by molar-refractivity contribution is 5.93. The highest BCUT2D eigenvalue weighted by Crippen LogP contribution is 2.18. The van der Waals surface area contributed by atoms with Gasteiger partial charge in [0.2, 0.25) is 0 Å². The average Bonchev–Trinajstić information content (AvgIpc) is 2.64. The Labute approximate surface area is 140 Å². The molecule has 1 amide bonds. The van der Waals surface area contributed by atoms with Crippen LogP contribution in [0.2, 0.25) is 0 Å². The Hall–Kier alpha value is -3.02. The van der Waals surface area contributed by atoms with Gasteiger partial charge in [0.05, 0.1) is 14.2 Å². The molecule has 6 nitrogen and oxygen atoms in total. The summed E-state index contributed by atoms with van der Waals surface area (Å²) in [5.41, 5.74) is 1.17. The normalized spacial score (nSPS) is 9.92. The first-order valence-corrected chi connectivity index (χ1v) is 7.34. The van der Waals surface area contributed by atoms with Crippen LogP contribution in [-0.2, 0) is 16.1 Å². The number of esters is 1. The van der Waals surface area contributed by atoms with E-state index in [1.807, 2.05) is 24.3 Å². The molecule has 0 aliphatic rings. The minimum atomic E-state index is -0.607. The van der Waals surface area contributed by atoms with Gasteiger partial charge in [-0.05, 0) is 29.8 Å². The lowest BCUT2D eigenvalue weighted by Crippen LogP contribution is -2.28. The van der Waals surface area contributed by atoms with E-state index in [4.69, 9.17) is 14.2 Å². The fraction of sp³-hybridized carbons (Fsp3) is 0.222. The molecule has 0 aliphatic heterocycles. The number of hydrogen-bond donors (Lipinski definition) is 1. The van der Waals surface area contributed by atoms with E-state index in [0.29, 0.717) is 18.0 Å². The van der Waals surface area contributed by atoms with Crippen LogP contribution in [0, 0.1) is 0 Å². The maximum absolute atomic E-state index is 12.0. The Morgan fingerprint density at radius 3 is 2.54 bits per heavy atom. The number of ether oxygens (including phenoxy) is 3. The SMILES string of the molecule is COc1cccc(CNC(=O)COC(=O)c2ccccc2OC)c1. The predicted molar refractivity (Wildman–Crippen MR) is 88.1 cm³/mol. The fourth-order valence-corrected chi connectivity index (χ4v) is 2.06. The van der Waals surface area contributed by atoms with Crippen molar-refractivity contribution >= 4 is 11.9 Å². The molecule has 0 radical (unpaired) electrons. The van der Waals surface area contributed by atoms with Crippen molar-refractivity contribution in [1.29, 1.82) is 0 Å². The molecule has 0 saturated heterocycles. The summed E-state index contributed by atoms with van der Waals surface area (Å²) >= 11 is 0. The molecule has 0 aromatic heterocycles. The van der Waals surface area contributed by atoms with Crippen molar-refractivity contribution in [2.24, 2.45) is 0 Å². The number of carbonyl (C=O) groups is 2. The van der Waals surface area contributed by atoms with Gasteiger partial charge in [-0.15, -0.1) is 0 Å². The number of nitrogens with one attached hydrogen (secondary N) is 1. The average molecular weight is 329 g/mol. The van der Waals surface area contributed by atoms with Crippen LogP contribution in [0.1, 0.15) is 15.9 Å². The zero-order valence-corrected chi connectivity index (χ0v) is 13.6. The minimum Gasteiger partial charge on any atom is -0.497 e. The van der Waals surface area contributed by atoms with Gasteiger partial charge in [-0.1, -0.05) is 24.3 Å². The summed E-state index contributed by atoms with van der Waals surface area (Å²) in [5.74, 6) is 0.119. The lowest BCUT2D eigenvalue weighted by Gasteiger charge is -2.09. The van der Waals surface area contributed by atoms with Crippen molar-refractivity contribution in [2.75, 3.05) is 20.8 Å². The van der Waals surface area contributed by atoms with E-state index in [0.717, 1.165) is 5.56 Å². The van der Waals surface area contributed by atoms with Crippen LogP contribution in [-0.4, -0.2) is 32.7 Å². The summed E-state index contributed by atoms with van der Waals surface area (Å²) in [7, 11) is 3.04. The number of amides is 1. The van der Waals surface area contributed by atoms with Crippen LogP contribution in [0.4, 0.5) is 0 Å². The summed E-state index contributed by atoms with van der Waals surface area (Å²) < 4.78 is 15.2. The van der Waals surface area contributed by atoms with Crippen molar-refractivity contribution in [3.8, 4) is 11.5 Å². The maximum atomic E-state index is 12.0. The molecular formula is C18H19NO5. The van der Waals surface area contributed by atoms with Gasteiger partial charge in [0.15, 0.2) is 6.61 Å². The number of rotatable bonds is 7. The zero-order chi connectivity index (χ0) is 17.4. The van der Waals surface area contributed by atoms with E-state index in [1.54, 1.807) is 31.4 Å². The molecule has 24 heavy (non-hydrogen) atoms. The molecule has 0 atom stereocenters. The fourth-order valence-electron chi connectivity index (χ4n) is 2.06. The maximum Gasteiger partial charge on any atom is 0.342 e. The quantitative estimate of drug-likeness (QED) is 0.788. The second-order valence-electron chi connectivity index (χ2n) is 4.90. The summed E-state index contributed by atoms with van der Waals surface area (Å²) in [4.78, 5) is 23.8. The van der Waals surface area contributed by atoms with E-state index in [9.17, 15) is 9.59 Å². The third-order valence-corrected chi connectivity index (χ3v) is 3.29. The Kier molecular flexibility index (Phi) is 6.19. The molecule has 0 heterocycles. The van der Waals surface area contributed by atoms with Crippen LogP contribution in [0.5, 0.6) is 11.5 Å². The third-order valence-electron chi connectivity index (χ3n) is 3.29. The molecule has 0 spiro atoms. The zero-order valence-electron chi connectivity index (χ0n) is 13.6. The van der Waals surface area contributed by atoms with Crippen LogP contribution in [0.15, 0.2) is 48.5 Å². The molecule has 126 valence electrons. The van der Waals surface area contributed by atoms with Crippen molar-refractivity contribution in [1.82, 2.24) is 5.32 Å². The van der Waals surface area contributed by atoms with Crippen molar-refractivity contribution in [3.05, 3.63) is 59.7 Å². The Morgan fingerprint density at radius 2 is 1.79 bits per heavy atom. The number of para-hydroxylation sites is 1. The summed E-state index contributed by atoms with van der Waals surface area (Å²) in [5, 5.41) is 2.68. The Morgan fingerprint density at radius 1 is 1.00 bits per heavy atom. The first-order valence-electron chi connectivity index (χ1n) is 7.34. The van der Waals surface area contributed by atoms with Crippen LogP contribution in [0.3, 0.4) is 0 Å². The molecule has 2 aromatic carbocycles. The summed E-state index contributed by atoms with van der Waals surface area (Å²) in [6, 6.07) is 14.0. The van der Waals surface area contributed by atoms with Gasteiger partial charge in [0, 0.05) is 6.54 Å². The highest BCUT2D eigenvalue weighted by Gasteiger charge is 2.14. The van der Waals surface area contributed by atoms with E-state index in [-0.39, 0.29) is 18.1 Å². The first-order chi connectivity index (χ1) is 11.6. The number of carbonyl (C=O) groups excluding carboxylic acids is 2. The summed E-state index contributed by atoms with van der Waals surface area (Å²) in [6.45, 7) is -0.0386. The molecule has 1 N–H and O–H groups in total. The van der Waals surface area contributed by atoms with E-state index in [1.165, 1.54) is 7.11 Å². The molecule has 0 bridgehead atoms. The van der Waals surface area contributed by atoms with E-state index >= 15 is 0 Å². The monoisotopic (exact) mass is 329 g/mol. The second kappa shape index (κ2) is 8.57. The van der Waals surface area contributed by atoms with Gasteiger partial charge >= 0.3 is 5.97 Å². The van der Waals surface area contributed by atoms with Gasteiger partial charge in [-0.25, -0.2) is 4.79 Å². The largest absolute Gasteiger partial charge is 0.497 e. The third kappa shape index (κ3) is 4.74. The van der Waals surface area contributed by atoms with Gasteiger partial charge in [-0.3, -0.25) is 4.79 Å². The van der Waals surface area contributed by atoms with Crippen LogP contribution < -0.4 is 14.8 Å². The first kappa shape index (κ1) is 17.3. The lowest BCUT2D eigenvalue weighted by atomic mass is 10.2. The number of hydrogen-bond acceptors (Lipinski definition) is 5. The van der Waals surface area contributed by atoms with Crippen molar-refractivity contribution in [3.63, 3.8) is 0 Å². The minimum absolute atomic E-state index is 0.278. The Bertz CT molecular complexity index is 714. The molecule has 0 fully saturated rings. The predicted octanol–water partition coefficient (Wildman–Crippen LogP) is 2.18.